The monoisotopic (exact) mass is 442 g/mol. The zero-order chi connectivity index (χ0) is 23.6. The van der Waals surface area contributed by atoms with Crippen LogP contribution in [0.1, 0.15) is 31.9 Å². The van der Waals surface area contributed by atoms with Gasteiger partial charge in [0.1, 0.15) is 30.5 Å². The number of hydrogen-bond acceptors (Lipinski definition) is 6. The van der Waals surface area contributed by atoms with Crippen LogP contribution >= 0.6 is 0 Å². The van der Waals surface area contributed by atoms with Crippen molar-refractivity contribution in [1.82, 2.24) is 10.6 Å². The number of ether oxygens (including phenoxy) is 3. The predicted molar refractivity (Wildman–Crippen MR) is 119 cm³/mol. The lowest BCUT2D eigenvalue weighted by Crippen LogP contribution is -2.50. The number of amides is 2. The lowest BCUT2D eigenvalue weighted by Gasteiger charge is -2.23. The molecule has 0 aromatic heterocycles. The highest BCUT2D eigenvalue weighted by Crippen LogP contribution is 2.13. The van der Waals surface area contributed by atoms with E-state index in [1.807, 2.05) is 30.3 Å². The first-order chi connectivity index (χ1) is 15.2. The van der Waals surface area contributed by atoms with Crippen LogP contribution in [-0.4, -0.2) is 43.3 Å². The first kappa shape index (κ1) is 24.7. The third-order valence-corrected chi connectivity index (χ3v) is 4.26. The van der Waals surface area contributed by atoms with Crippen LogP contribution in [0.3, 0.4) is 0 Å². The molecule has 0 saturated carbocycles. The first-order valence-corrected chi connectivity index (χ1v) is 10.3. The van der Waals surface area contributed by atoms with Crippen molar-refractivity contribution >= 4 is 18.0 Å². The first-order valence-electron chi connectivity index (χ1n) is 10.3. The van der Waals surface area contributed by atoms with Crippen LogP contribution in [0.25, 0.3) is 0 Å². The Kier molecular flexibility index (Phi) is 9.07. The van der Waals surface area contributed by atoms with Crippen LogP contribution in [0.2, 0.25) is 0 Å². The average molecular weight is 443 g/mol. The molecule has 0 spiro atoms. The summed E-state index contributed by atoms with van der Waals surface area (Å²) in [6.07, 6.45) is -0.522. The largest absolute Gasteiger partial charge is 0.497 e. The molecule has 0 aliphatic carbocycles. The summed E-state index contributed by atoms with van der Waals surface area (Å²) in [5, 5.41) is 5.10. The van der Waals surface area contributed by atoms with Gasteiger partial charge >= 0.3 is 12.1 Å². The highest BCUT2D eigenvalue weighted by atomic mass is 16.6. The van der Waals surface area contributed by atoms with Crippen LogP contribution in [0.15, 0.2) is 54.6 Å². The normalized spacial score (nSPS) is 11.8. The number of carbonyl (C=O) groups is 3. The predicted octanol–water partition coefficient (Wildman–Crippen LogP) is 2.99. The summed E-state index contributed by atoms with van der Waals surface area (Å²) in [5.41, 5.74) is 0.928. The van der Waals surface area contributed by atoms with Crippen LogP contribution in [0, 0.1) is 0 Å². The maximum Gasteiger partial charge on any atom is 0.408 e. The molecule has 1 atom stereocenters. The lowest BCUT2D eigenvalue weighted by atomic mass is 10.1. The Balaban J connectivity index is 1.96. The van der Waals surface area contributed by atoms with E-state index in [4.69, 9.17) is 14.2 Å². The van der Waals surface area contributed by atoms with E-state index in [-0.39, 0.29) is 19.6 Å². The fourth-order valence-electron chi connectivity index (χ4n) is 2.73. The molecule has 0 radical (unpaired) electrons. The second-order valence-corrected chi connectivity index (χ2v) is 8.12. The summed E-state index contributed by atoms with van der Waals surface area (Å²) in [6, 6.07) is 15.4. The summed E-state index contributed by atoms with van der Waals surface area (Å²) in [4.78, 5) is 37.0. The molecule has 172 valence electrons. The molecule has 0 heterocycles. The van der Waals surface area contributed by atoms with E-state index >= 15 is 0 Å². The van der Waals surface area contributed by atoms with Crippen molar-refractivity contribution in [3.63, 3.8) is 0 Å². The number of nitrogens with one attached hydrogen (secondary N) is 2. The summed E-state index contributed by atoms with van der Waals surface area (Å²) in [5.74, 6) is -0.429. The van der Waals surface area contributed by atoms with E-state index in [9.17, 15) is 14.4 Å². The van der Waals surface area contributed by atoms with Crippen LogP contribution in [0.4, 0.5) is 4.79 Å². The smallest absolute Gasteiger partial charge is 0.408 e. The maximum atomic E-state index is 12.7. The van der Waals surface area contributed by atoms with Crippen molar-refractivity contribution in [2.45, 2.75) is 45.4 Å². The number of carbonyl (C=O) groups excluding carboxylic acids is 3. The van der Waals surface area contributed by atoms with Gasteiger partial charge in [0.25, 0.3) is 0 Å². The summed E-state index contributed by atoms with van der Waals surface area (Å²) in [6.45, 7) is 4.98. The van der Waals surface area contributed by atoms with Gasteiger partial charge in [-0.2, -0.15) is 0 Å². The Hall–Kier alpha value is -3.55. The third-order valence-electron chi connectivity index (χ3n) is 4.26. The minimum absolute atomic E-state index is 0.112. The summed E-state index contributed by atoms with van der Waals surface area (Å²) < 4.78 is 15.6. The van der Waals surface area contributed by atoms with Gasteiger partial charge < -0.3 is 24.8 Å². The van der Waals surface area contributed by atoms with Crippen molar-refractivity contribution in [2.24, 2.45) is 0 Å². The van der Waals surface area contributed by atoms with Crippen molar-refractivity contribution < 1.29 is 28.6 Å². The van der Waals surface area contributed by atoms with Crippen molar-refractivity contribution in [3.05, 3.63) is 65.7 Å². The van der Waals surface area contributed by atoms with Gasteiger partial charge in [0.05, 0.1) is 7.11 Å². The van der Waals surface area contributed by atoms with Crippen LogP contribution in [-0.2, 0) is 32.1 Å². The van der Waals surface area contributed by atoms with Gasteiger partial charge in [-0.15, -0.1) is 0 Å². The number of methoxy groups -OCH3 is 1. The van der Waals surface area contributed by atoms with Crippen molar-refractivity contribution in [2.75, 3.05) is 13.7 Å². The Morgan fingerprint density at radius 2 is 1.59 bits per heavy atom. The Bertz CT molecular complexity index is 891. The molecular weight excluding hydrogens is 412 g/mol. The second-order valence-electron chi connectivity index (χ2n) is 8.12. The highest BCUT2D eigenvalue weighted by molar-refractivity contribution is 5.88. The van der Waals surface area contributed by atoms with Crippen molar-refractivity contribution in [3.8, 4) is 5.75 Å². The van der Waals surface area contributed by atoms with Gasteiger partial charge in [-0.1, -0.05) is 42.5 Å². The molecule has 8 heteroatoms. The SMILES string of the molecule is COc1ccc(C[C@@H](NC(=O)OC(C)(C)C)C(=O)NCC(=O)OCc2ccccc2)cc1. The second kappa shape index (κ2) is 11.7. The highest BCUT2D eigenvalue weighted by Gasteiger charge is 2.25. The fraction of sp³-hybridized carbons (Fsp3) is 0.375. The number of esters is 1. The molecule has 0 bridgehead atoms. The third kappa shape index (κ3) is 9.07. The van der Waals surface area contributed by atoms with Gasteiger partial charge in [-0.05, 0) is 44.0 Å². The fourth-order valence-corrected chi connectivity index (χ4v) is 2.73. The average Bonchev–Trinajstić information content (AvgIpc) is 2.75. The van der Waals surface area contributed by atoms with E-state index in [1.165, 1.54) is 0 Å². The minimum Gasteiger partial charge on any atom is -0.497 e. The maximum absolute atomic E-state index is 12.7. The Morgan fingerprint density at radius 1 is 0.938 bits per heavy atom. The topological polar surface area (TPSA) is 103 Å². The van der Waals surface area contributed by atoms with Gasteiger partial charge in [0.15, 0.2) is 0 Å². The van der Waals surface area contributed by atoms with Crippen LogP contribution < -0.4 is 15.4 Å². The van der Waals surface area contributed by atoms with E-state index in [2.05, 4.69) is 10.6 Å². The zero-order valence-electron chi connectivity index (χ0n) is 18.8. The van der Waals surface area contributed by atoms with E-state index in [0.717, 1.165) is 11.1 Å². The van der Waals surface area contributed by atoms with E-state index in [1.54, 1.807) is 52.1 Å². The molecule has 32 heavy (non-hydrogen) atoms. The Labute approximate surface area is 188 Å². The number of benzene rings is 2. The van der Waals surface area contributed by atoms with Crippen LogP contribution in [0.5, 0.6) is 5.75 Å². The van der Waals surface area contributed by atoms with E-state index in [0.29, 0.717) is 5.75 Å². The quantitative estimate of drug-likeness (QED) is 0.579. The molecule has 2 aromatic carbocycles. The molecule has 0 aliphatic rings. The molecule has 0 fully saturated rings. The van der Waals surface area contributed by atoms with Gasteiger partial charge in [0, 0.05) is 6.42 Å². The molecule has 2 aromatic rings. The molecular formula is C24H30N2O6. The zero-order valence-corrected chi connectivity index (χ0v) is 18.8. The van der Waals surface area contributed by atoms with Gasteiger partial charge in [0.2, 0.25) is 5.91 Å². The molecule has 2 rings (SSSR count). The number of alkyl carbamates (subject to hydrolysis) is 1. The molecule has 2 amide bonds. The molecule has 8 nitrogen and oxygen atoms in total. The summed E-state index contributed by atoms with van der Waals surface area (Å²) in [7, 11) is 1.56. The standard InChI is InChI=1S/C24H30N2O6/c1-24(2,3)32-23(29)26-20(14-17-10-12-19(30-4)13-11-17)22(28)25-15-21(27)31-16-18-8-6-5-7-9-18/h5-13,20H,14-16H2,1-4H3,(H,25,28)(H,26,29)/t20-/m1/s1. The van der Waals surface area contributed by atoms with E-state index < -0.39 is 29.6 Å². The Morgan fingerprint density at radius 3 is 2.19 bits per heavy atom. The van der Waals surface area contributed by atoms with Gasteiger partial charge in [-0.25, -0.2) is 4.79 Å². The summed E-state index contributed by atoms with van der Waals surface area (Å²) >= 11 is 0. The number of rotatable bonds is 9. The molecule has 0 unspecified atom stereocenters. The number of hydrogen-bond donors (Lipinski definition) is 2. The van der Waals surface area contributed by atoms with Gasteiger partial charge in [-0.3, -0.25) is 9.59 Å². The van der Waals surface area contributed by atoms with Crippen molar-refractivity contribution in [1.29, 1.82) is 0 Å². The minimum atomic E-state index is -0.944. The molecule has 2 N–H and O–H groups in total. The molecule has 0 saturated heterocycles. The lowest BCUT2D eigenvalue weighted by molar-refractivity contribution is -0.145. The molecule has 0 aliphatic heterocycles.